The van der Waals surface area contributed by atoms with Gasteiger partial charge in [-0.25, -0.2) is 4.98 Å². The maximum Gasteiger partial charge on any atom is 0.109 e. The quantitative estimate of drug-likeness (QED) is 0.778. The molecule has 1 rings (SSSR count). The third-order valence-electron chi connectivity index (χ3n) is 2.32. The van der Waals surface area contributed by atoms with Gasteiger partial charge in [-0.05, 0) is 12.3 Å². The first kappa shape index (κ1) is 12.6. The van der Waals surface area contributed by atoms with Crippen LogP contribution >= 0.6 is 11.3 Å². The second-order valence-electron chi connectivity index (χ2n) is 3.80. The first-order valence-corrected chi connectivity index (χ1v) is 6.27. The van der Waals surface area contributed by atoms with E-state index >= 15 is 0 Å². The van der Waals surface area contributed by atoms with Gasteiger partial charge in [-0.2, -0.15) is 0 Å². The Balaban J connectivity index is 2.35. The van der Waals surface area contributed by atoms with Crippen LogP contribution in [-0.2, 0) is 4.74 Å². The van der Waals surface area contributed by atoms with Crippen LogP contribution in [0.15, 0.2) is 11.6 Å². The molecule has 0 aromatic carbocycles. The van der Waals surface area contributed by atoms with Gasteiger partial charge in [0.2, 0.25) is 0 Å². The number of rotatable bonds is 7. The van der Waals surface area contributed by atoms with Gasteiger partial charge < -0.3 is 10.1 Å². The van der Waals surface area contributed by atoms with Crippen LogP contribution in [0.1, 0.15) is 31.3 Å². The van der Waals surface area contributed by atoms with Gasteiger partial charge in [0, 0.05) is 31.8 Å². The molecule has 0 saturated heterocycles. The van der Waals surface area contributed by atoms with Crippen molar-refractivity contribution in [3.63, 3.8) is 0 Å². The Kier molecular flexibility index (Phi) is 5.83. The highest BCUT2D eigenvalue weighted by Gasteiger charge is 2.12. The molecule has 0 fully saturated rings. The molecule has 0 aliphatic rings. The van der Waals surface area contributed by atoms with Gasteiger partial charge in [-0.15, -0.1) is 11.3 Å². The Labute approximate surface area is 95.9 Å². The molecule has 1 N–H and O–H groups in total. The number of nitrogens with zero attached hydrogens (tertiary/aromatic N) is 1. The lowest BCUT2D eigenvalue weighted by Crippen LogP contribution is -2.27. The summed E-state index contributed by atoms with van der Waals surface area (Å²) in [6, 6.07) is 0.393. The predicted octanol–water partition coefficient (Wildman–Crippen LogP) is 2.47. The fourth-order valence-corrected chi connectivity index (χ4v) is 2.30. The fourth-order valence-electron chi connectivity index (χ4n) is 1.50. The van der Waals surface area contributed by atoms with Crippen molar-refractivity contribution in [2.75, 3.05) is 20.3 Å². The first-order valence-electron chi connectivity index (χ1n) is 5.39. The lowest BCUT2D eigenvalue weighted by Gasteiger charge is -2.17. The lowest BCUT2D eigenvalue weighted by molar-refractivity contribution is 0.156. The van der Waals surface area contributed by atoms with E-state index in [1.165, 1.54) is 5.01 Å². The minimum Gasteiger partial charge on any atom is -0.384 e. The van der Waals surface area contributed by atoms with Crippen LogP contribution < -0.4 is 5.32 Å². The van der Waals surface area contributed by atoms with Gasteiger partial charge >= 0.3 is 0 Å². The van der Waals surface area contributed by atoms with E-state index in [2.05, 4.69) is 24.1 Å². The molecule has 15 heavy (non-hydrogen) atoms. The molecule has 4 heteroatoms. The summed E-state index contributed by atoms with van der Waals surface area (Å²) < 4.78 is 5.11. The van der Waals surface area contributed by atoms with E-state index in [0.29, 0.717) is 12.0 Å². The second-order valence-corrected chi connectivity index (χ2v) is 4.73. The number of nitrogens with one attached hydrogen (secondary N) is 1. The zero-order chi connectivity index (χ0) is 11.1. The zero-order valence-electron chi connectivity index (χ0n) is 9.69. The van der Waals surface area contributed by atoms with Gasteiger partial charge in [-0.3, -0.25) is 0 Å². The molecule has 86 valence electrons. The van der Waals surface area contributed by atoms with Crippen molar-refractivity contribution in [1.29, 1.82) is 0 Å². The van der Waals surface area contributed by atoms with Gasteiger partial charge in [0.25, 0.3) is 0 Å². The van der Waals surface area contributed by atoms with Crippen molar-refractivity contribution in [3.05, 3.63) is 16.6 Å². The molecule has 1 aromatic rings. The Morgan fingerprint density at radius 2 is 2.40 bits per heavy atom. The largest absolute Gasteiger partial charge is 0.384 e. The molecule has 0 aliphatic heterocycles. The molecule has 0 aliphatic carbocycles. The van der Waals surface area contributed by atoms with Crippen molar-refractivity contribution in [1.82, 2.24) is 10.3 Å². The highest BCUT2D eigenvalue weighted by molar-refractivity contribution is 7.09. The topological polar surface area (TPSA) is 34.1 Å². The molecule has 1 heterocycles. The Hall–Kier alpha value is -0.450. The molecule has 0 radical (unpaired) electrons. The summed E-state index contributed by atoms with van der Waals surface area (Å²) in [7, 11) is 1.74. The van der Waals surface area contributed by atoms with Crippen LogP contribution in [0.2, 0.25) is 0 Å². The normalized spacial score (nSPS) is 15.1. The molecular formula is C11H20N2OS. The second kappa shape index (κ2) is 6.93. The predicted molar refractivity (Wildman–Crippen MR) is 64.2 cm³/mol. The average Bonchev–Trinajstić information content (AvgIpc) is 2.72. The third kappa shape index (κ3) is 4.28. The fraction of sp³-hybridized carbons (Fsp3) is 0.727. The van der Waals surface area contributed by atoms with E-state index in [1.54, 1.807) is 18.4 Å². The molecule has 2 unspecified atom stereocenters. The number of hydrogen-bond donors (Lipinski definition) is 1. The average molecular weight is 228 g/mol. The molecule has 0 amide bonds. The van der Waals surface area contributed by atoms with Crippen molar-refractivity contribution in [2.45, 2.75) is 26.3 Å². The SMILES string of the molecule is CCC(NCC(C)COC)c1nccs1. The number of aromatic nitrogens is 1. The molecule has 2 atom stereocenters. The number of thiazole rings is 1. The van der Waals surface area contributed by atoms with Crippen LogP contribution in [0.4, 0.5) is 0 Å². The standard InChI is InChI=1S/C11H20N2OS/c1-4-10(11-12-5-6-15-11)13-7-9(2)8-14-3/h5-6,9-10,13H,4,7-8H2,1-3H3. The summed E-state index contributed by atoms with van der Waals surface area (Å²) in [4.78, 5) is 4.34. The highest BCUT2D eigenvalue weighted by atomic mass is 32.1. The Bertz CT molecular complexity index is 251. The maximum absolute atomic E-state index is 5.11. The summed E-state index contributed by atoms with van der Waals surface area (Å²) in [6.45, 7) is 6.15. The number of ether oxygens (including phenoxy) is 1. The number of hydrogen-bond acceptors (Lipinski definition) is 4. The third-order valence-corrected chi connectivity index (χ3v) is 3.21. The zero-order valence-corrected chi connectivity index (χ0v) is 10.5. The van der Waals surface area contributed by atoms with E-state index < -0.39 is 0 Å². The van der Waals surface area contributed by atoms with Crippen molar-refractivity contribution < 1.29 is 4.74 Å². The molecule has 1 aromatic heterocycles. The van der Waals surface area contributed by atoms with Crippen LogP contribution in [0.5, 0.6) is 0 Å². The van der Waals surface area contributed by atoms with E-state index in [0.717, 1.165) is 19.6 Å². The monoisotopic (exact) mass is 228 g/mol. The first-order chi connectivity index (χ1) is 7.27. The van der Waals surface area contributed by atoms with Gasteiger partial charge in [0.1, 0.15) is 5.01 Å². The van der Waals surface area contributed by atoms with Gasteiger partial charge in [0.15, 0.2) is 0 Å². The van der Waals surface area contributed by atoms with Crippen molar-refractivity contribution in [2.24, 2.45) is 5.92 Å². The van der Waals surface area contributed by atoms with Crippen LogP contribution in [0.3, 0.4) is 0 Å². The maximum atomic E-state index is 5.11. The molecular weight excluding hydrogens is 208 g/mol. The van der Waals surface area contributed by atoms with Crippen LogP contribution in [0, 0.1) is 5.92 Å². The summed E-state index contributed by atoms with van der Waals surface area (Å²) in [5.41, 5.74) is 0. The van der Waals surface area contributed by atoms with E-state index in [9.17, 15) is 0 Å². The molecule has 0 bridgehead atoms. The summed E-state index contributed by atoms with van der Waals surface area (Å²) in [5.74, 6) is 0.545. The Morgan fingerprint density at radius 1 is 1.60 bits per heavy atom. The summed E-state index contributed by atoms with van der Waals surface area (Å²) in [6.07, 6.45) is 2.94. The van der Waals surface area contributed by atoms with Gasteiger partial charge in [0.05, 0.1) is 6.04 Å². The smallest absolute Gasteiger partial charge is 0.109 e. The minimum absolute atomic E-state index is 0.393. The van der Waals surface area contributed by atoms with Crippen LogP contribution in [-0.4, -0.2) is 25.2 Å². The van der Waals surface area contributed by atoms with E-state index in [-0.39, 0.29) is 0 Å². The number of methoxy groups -OCH3 is 1. The Morgan fingerprint density at radius 3 is 2.93 bits per heavy atom. The van der Waals surface area contributed by atoms with Crippen molar-refractivity contribution in [3.8, 4) is 0 Å². The summed E-state index contributed by atoms with van der Waals surface area (Å²) >= 11 is 1.72. The molecule has 0 spiro atoms. The minimum atomic E-state index is 0.393. The van der Waals surface area contributed by atoms with E-state index in [1.807, 2.05) is 11.6 Å². The highest BCUT2D eigenvalue weighted by Crippen LogP contribution is 2.18. The van der Waals surface area contributed by atoms with Crippen LogP contribution in [0.25, 0.3) is 0 Å². The molecule has 3 nitrogen and oxygen atoms in total. The molecule has 0 saturated carbocycles. The lowest BCUT2D eigenvalue weighted by atomic mass is 10.1. The van der Waals surface area contributed by atoms with Gasteiger partial charge in [-0.1, -0.05) is 13.8 Å². The summed E-state index contributed by atoms with van der Waals surface area (Å²) in [5, 5.41) is 6.73. The van der Waals surface area contributed by atoms with Crippen molar-refractivity contribution >= 4 is 11.3 Å². The van der Waals surface area contributed by atoms with E-state index in [4.69, 9.17) is 4.74 Å².